The summed E-state index contributed by atoms with van der Waals surface area (Å²) in [6, 6.07) is 123. The second-order valence-corrected chi connectivity index (χ2v) is 27.0. The molecule has 2 aliphatic carbocycles. The van der Waals surface area contributed by atoms with E-state index in [0.717, 1.165) is 0 Å². The lowest BCUT2D eigenvalue weighted by molar-refractivity contribution is 0.660. The minimum atomic E-state index is -0.180. The molecular formula is C94H66. The summed E-state index contributed by atoms with van der Waals surface area (Å²) in [5.74, 6) is 0. The molecule has 2 aliphatic rings. The molecule has 0 saturated heterocycles. The molecule has 0 radical (unpaired) electrons. The first-order chi connectivity index (χ1) is 46.1. The highest BCUT2D eigenvalue weighted by Gasteiger charge is 2.38. The SMILES string of the molecule is CC1(C)c2cc(-c3ccc(-c4ccc(-c5ccc(-c6c7ccccc7c(-c7ccccc7)c7ccccc67)cc5)cc4)cc3)ccc2-c2ccc(-c3ccc4c(c3)C(C)(C)c3cc(-c5ccc(-c6c7ccccc7c(-c7ccccc7)c7ccccc67)cc5)ccc3-4)cc21. The first-order valence-electron chi connectivity index (χ1n) is 33.1. The van der Waals surface area contributed by atoms with Crippen LogP contribution in [-0.4, -0.2) is 0 Å². The highest BCUT2D eigenvalue weighted by Crippen LogP contribution is 2.54. The molecule has 0 bridgehead atoms. The highest BCUT2D eigenvalue weighted by molar-refractivity contribution is 6.23. The smallest absolute Gasteiger partial charge is 0.0159 e. The molecule has 0 atom stereocenters. The van der Waals surface area contributed by atoms with Crippen molar-refractivity contribution in [1.82, 2.24) is 0 Å². The van der Waals surface area contributed by atoms with Crippen molar-refractivity contribution in [2.45, 2.75) is 38.5 Å². The minimum absolute atomic E-state index is 0.176. The van der Waals surface area contributed by atoms with Gasteiger partial charge in [0.25, 0.3) is 0 Å². The molecule has 0 spiro atoms. The predicted octanol–water partition coefficient (Wildman–Crippen LogP) is 25.9. The van der Waals surface area contributed by atoms with E-state index >= 15 is 0 Å². The fourth-order valence-corrected chi connectivity index (χ4v) is 16.3. The van der Waals surface area contributed by atoms with Gasteiger partial charge in [0.2, 0.25) is 0 Å². The number of hydrogen-bond acceptors (Lipinski definition) is 0. The summed E-state index contributed by atoms with van der Waals surface area (Å²) < 4.78 is 0. The largest absolute Gasteiger partial charge is 0.0622 e. The average Bonchev–Trinajstić information content (AvgIpc) is 1.47. The molecule has 94 heavy (non-hydrogen) atoms. The van der Waals surface area contributed by atoms with Crippen molar-refractivity contribution in [2.24, 2.45) is 0 Å². The van der Waals surface area contributed by atoms with Crippen LogP contribution in [0, 0.1) is 0 Å². The van der Waals surface area contributed by atoms with Crippen LogP contribution in [0.4, 0.5) is 0 Å². The van der Waals surface area contributed by atoms with Crippen molar-refractivity contribution in [1.29, 1.82) is 0 Å². The number of fused-ring (bicyclic) bond motifs is 10. The van der Waals surface area contributed by atoms with E-state index in [2.05, 4.69) is 355 Å². The molecule has 0 fully saturated rings. The molecule has 442 valence electrons. The Morgan fingerprint density at radius 1 is 0.149 bits per heavy atom. The standard InChI is InChI=1S/C94H66/c1-93(2)85-55-69(63-37-35-61(36-38-63)59-31-33-60(34-32-59)62-39-43-67(44-40-62)91-81-27-15-11-23-77(81)89(65-19-7-5-8-20-65)78-24-12-16-28-82(78)91)47-51-73(85)75-53-49-71(57-87(75)93)72-50-54-76-74-52-48-70(56-86(74)94(3,4)88(76)58-72)64-41-45-68(46-42-64)92-83-29-17-13-25-79(83)90(66-21-9-6-10-22-66)80-26-14-18-30-84(80)92/h5-58H,1-4H3. The summed E-state index contributed by atoms with van der Waals surface area (Å²) in [5.41, 5.74) is 32.8. The van der Waals surface area contributed by atoms with Crippen LogP contribution >= 0.6 is 0 Å². The van der Waals surface area contributed by atoms with E-state index in [9.17, 15) is 0 Å². The van der Waals surface area contributed by atoms with Crippen molar-refractivity contribution in [2.75, 3.05) is 0 Å². The first kappa shape index (κ1) is 55.4. The second-order valence-electron chi connectivity index (χ2n) is 27.0. The van der Waals surface area contributed by atoms with Crippen LogP contribution in [-0.2, 0) is 10.8 Å². The van der Waals surface area contributed by atoms with Gasteiger partial charge in [-0.2, -0.15) is 0 Å². The van der Waals surface area contributed by atoms with E-state index in [1.165, 1.54) is 188 Å². The van der Waals surface area contributed by atoms with Crippen LogP contribution in [0.5, 0.6) is 0 Å². The van der Waals surface area contributed by atoms with Crippen LogP contribution in [0.25, 0.3) is 165 Å². The number of rotatable bonds is 9. The Balaban J connectivity index is 0.577. The zero-order valence-electron chi connectivity index (χ0n) is 53.2. The van der Waals surface area contributed by atoms with E-state index in [1.54, 1.807) is 0 Å². The summed E-state index contributed by atoms with van der Waals surface area (Å²) >= 11 is 0. The molecule has 0 heterocycles. The molecule has 0 heteroatoms. The van der Waals surface area contributed by atoms with Crippen molar-refractivity contribution in [3.8, 4) is 122 Å². The van der Waals surface area contributed by atoms with Crippen molar-refractivity contribution in [3.63, 3.8) is 0 Å². The molecule has 16 aromatic rings. The van der Waals surface area contributed by atoms with Gasteiger partial charge in [0, 0.05) is 10.8 Å². The van der Waals surface area contributed by atoms with Crippen LogP contribution in [0.2, 0.25) is 0 Å². The van der Waals surface area contributed by atoms with Gasteiger partial charge in [0.05, 0.1) is 0 Å². The Kier molecular flexibility index (Phi) is 12.7. The van der Waals surface area contributed by atoms with E-state index in [0.29, 0.717) is 0 Å². The third kappa shape index (κ3) is 8.81. The third-order valence-electron chi connectivity index (χ3n) is 21.1. The minimum Gasteiger partial charge on any atom is -0.0622 e. The van der Waals surface area contributed by atoms with Gasteiger partial charge in [-0.25, -0.2) is 0 Å². The average molecular weight is 1200 g/mol. The Labute approximate surface area is 550 Å². The van der Waals surface area contributed by atoms with E-state index < -0.39 is 0 Å². The van der Waals surface area contributed by atoms with Gasteiger partial charge < -0.3 is 0 Å². The Hall–Kier alpha value is -11.4. The van der Waals surface area contributed by atoms with Gasteiger partial charge in [-0.3, -0.25) is 0 Å². The zero-order valence-corrected chi connectivity index (χ0v) is 53.2. The van der Waals surface area contributed by atoms with E-state index in [1.807, 2.05) is 0 Å². The van der Waals surface area contributed by atoms with Gasteiger partial charge >= 0.3 is 0 Å². The monoisotopic (exact) mass is 1190 g/mol. The first-order valence-corrected chi connectivity index (χ1v) is 33.1. The predicted molar refractivity (Wildman–Crippen MR) is 401 cm³/mol. The Bertz CT molecular complexity index is 5590. The summed E-state index contributed by atoms with van der Waals surface area (Å²) in [5, 5.41) is 10.2. The van der Waals surface area contributed by atoms with E-state index in [4.69, 9.17) is 0 Å². The fourth-order valence-electron chi connectivity index (χ4n) is 16.3. The molecule has 0 unspecified atom stereocenters. The summed E-state index contributed by atoms with van der Waals surface area (Å²) in [7, 11) is 0. The van der Waals surface area contributed by atoms with Crippen molar-refractivity contribution < 1.29 is 0 Å². The second kappa shape index (κ2) is 21.6. The van der Waals surface area contributed by atoms with Crippen molar-refractivity contribution >= 4 is 43.1 Å². The molecule has 18 rings (SSSR count). The lowest BCUT2D eigenvalue weighted by Crippen LogP contribution is -2.15. The van der Waals surface area contributed by atoms with Gasteiger partial charge in [0.1, 0.15) is 0 Å². The maximum atomic E-state index is 2.47. The molecular weight excluding hydrogens is 1130 g/mol. The van der Waals surface area contributed by atoms with Gasteiger partial charge in [0.15, 0.2) is 0 Å². The Morgan fingerprint density at radius 3 is 0.532 bits per heavy atom. The molecule has 0 saturated carbocycles. The lowest BCUT2D eigenvalue weighted by atomic mass is 9.79. The van der Waals surface area contributed by atoms with Crippen LogP contribution in [0.15, 0.2) is 328 Å². The van der Waals surface area contributed by atoms with Gasteiger partial charge in [-0.15, -0.1) is 0 Å². The third-order valence-corrected chi connectivity index (χ3v) is 21.1. The number of benzene rings is 16. The lowest BCUT2D eigenvalue weighted by Gasteiger charge is -2.24. The maximum Gasteiger partial charge on any atom is 0.0159 e. The normalized spacial score (nSPS) is 13.3. The van der Waals surface area contributed by atoms with E-state index in [-0.39, 0.29) is 10.8 Å². The summed E-state index contributed by atoms with van der Waals surface area (Å²) in [6.45, 7) is 9.62. The molecule has 0 N–H and O–H groups in total. The summed E-state index contributed by atoms with van der Waals surface area (Å²) in [6.07, 6.45) is 0. The molecule has 0 aliphatic heterocycles. The van der Waals surface area contributed by atoms with Crippen LogP contribution in [0.1, 0.15) is 49.9 Å². The van der Waals surface area contributed by atoms with Gasteiger partial charge in [-0.1, -0.05) is 331 Å². The summed E-state index contributed by atoms with van der Waals surface area (Å²) in [4.78, 5) is 0. The van der Waals surface area contributed by atoms with Crippen LogP contribution in [0.3, 0.4) is 0 Å². The fraction of sp³-hybridized carbons (Fsp3) is 0.0638. The molecule has 0 amide bonds. The van der Waals surface area contributed by atoms with Crippen molar-refractivity contribution in [3.05, 3.63) is 350 Å². The quantitative estimate of drug-likeness (QED) is 0.126. The molecule has 0 aromatic heterocycles. The highest BCUT2D eigenvalue weighted by atomic mass is 14.4. The molecule has 16 aromatic carbocycles. The van der Waals surface area contributed by atoms with Crippen LogP contribution < -0.4 is 0 Å². The number of hydrogen-bond donors (Lipinski definition) is 0. The zero-order chi connectivity index (χ0) is 62.8. The maximum absolute atomic E-state index is 2.47. The topological polar surface area (TPSA) is 0 Å². The van der Waals surface area contributed by atoms with Gasteiger partial charge in [-0.05, 0) is 212 Å². The Morgan fingerprint density at radius 2 is 0.309 bits per heavy atom. The molecule has 0 nitrogen and oxygen atoms in total.